The van der Waals surface area contributed by atoms with Gasteiger partial charge in [0.1, 0.15) is 0 Å². The van der Waals surface area contributed by atoms with Gasteiger partial charge in [0.2, 0.25) is 0 Å². The van der Waals surface area contributed by atoms with Crippen LogP contribution in [0.1, 0.15) is 13.3 Å². The molecule has 6 nitrogen and oxygen atoms in total. The molecule has 0 amide bonds. The molecule has 0 aliphatic heterocycles. The summed E-state index contributed by atoms with van der Waals surface area (Å²) in [6.07, 6.45) is 2.12. The van der Waals surface area contributed by atoms with Gasteiger partial charge in [-0.05, 0) is 36.8 Å². The predicted octanol–water partition coefficient (Wildman–Crippen LogP) is 1.60. The van der Waals surface area contributed by atoms with E-state index in [1.807, 2.05) is 6.92 Å². The summed E-state index contributed by atoms with van der Waals surface area (Å²) < 4.78 is 26.3. The maximum absolute atomic E-state index is 12.5. The minimum Gasteiger partial charge on any atom is -0.399 e. The van der Waals surface area contributed by atoms with Gasteiger partial charge < -0.3 is 5.73 Å². The Balaban J connectivity index is 2.43. The number of aromatic nitrogens is 2. The molecule has 0 aliphatic carbocycles. The average molecular weight is 280 g/mol. The summed E-state index contributed by atoms with van der Waals surface area (Å²) in [5, 5.41) is 6.26. The van der Waals surface area contributed by atoms with Crippen molar-refractivity contribution < 1.29 is 8.42 Å². The smallest absolute Gasteiger partial charge is 0.281 e. The molecule has 2 aromatic rings. The van der Waals surface area contributed by atoms with Gasteiger partial charge in [-0.1, -0.05) is 6.92 Å². The van der Waals surface area contributed by atoms with Crippen LogP contribution >= 0.6 is 0 Å². The van der Waals surface area contributed by atoms with Crippen molar-refractivity contribution in [2.75, 3.05) is 16.6 Å². The third kappa shape index (κ3) is 2.70. The van der Waals surface area contributed by atoms with Gasteiger partial charge in [0.15, 0.2) is 5.03 Å². The van der Waals surface area contributed by atoms with Crippen molar-refractivity contribution in [2.24, 2.45) is 0 Å². The summed E-state index contributed by atoms with van der Waals surface area (Å²) in [5.74, 6) is 0. The SMILES string of the molecule is CCCN(c1ccc(N)cc1)S(=O)(=O)c1ccn[nH]1. The topological polar surface area (TPSA) is 92.1 Å². The van der Waals surface area contributed by atoms with Crippen LogP contribution in [0.2, 0.25) is 0 Å². The molecule has 1 aromatic heterocycles. The van der Waals surface area contributed by atoms with Crippen molar-refractivity contribution in [3.05, 3.63) is 36.5 Å². The number of hydrogen-bond donors (Lipinski definition) is 2. The summed E-state index contributed by atoms with van der Waals surface area (Å²) in [5.41, 5.74) is 6.81. The predicted molar refractivity (Wildman–Crippen MR) is 74.3 cm³/mol. The number of anilines is 2. The fourth-order valence-electron chi connectivity index (χ4n) is 1.74. The Morgan fingerprint density at radius 3 is 2.47 bits per heavy atom. The van der Waals surface area contributed by atoms with Crippen LogP contribution in [0.5, 0.6) is 0 Å². The maximum Gasteiger partial charge on any atom is 0.281 e. The minimum absolute atomic E-state index is 0.0813. The first kappa shape index (κ1) is 13.4. The number of hydrogen-bond acceptors (Lipinski definition) is 4. The molecule has 1 heterocycles. The summed E-state index contributed by atoms with van der Waals surface area (Å²) in [7, 11) is -3.61. The monoisotopic (exact) mass is 280 g/mol. The molecule has 0 atom stereocenters. The first-order valence-corrected chi connectivity index (χ1v) is 7.37. The molecule has 0 saturated heterocycles. The first-order chi connectivity index (χ1) is 9.05. The molecule has 0 radical (unpaired) electrons. The lowest BCUT2D eigenvalue weighted by Gasteiger charge is -2.23. The van der Waals surface area contributed by atoms with E-state index in [1.165, 1.54) is 16.6 Å². The molecule has 0 fully saturated rings. The number of nitrogens with two attached hydrogens (primary N) is 1. The fraction of sp³-hybridized carbons (Fsp3) is 0.250. The van der Waals surface area contributed by atoms with Crippen molar-refractivity contribution in [3.63, 3.8) is 0 Å². The molecule has 3 N–H and O–H groups in total. The molecule has 7 heteroatoms. The van der Waals surface area contributed by atoms with Gasteiger partial charge >= 0.3 is 0 Å². The third-order valence-corrected chi connectivity index (χ3v) is 4.41. The van der Waals surface area contributed by atoms with E-state index in [2.05, 4.69) is 10.2 Å². The van der Waals surface area contributed by atoms with Gasteiger partial charge in [-0.25, -0.2) is 0 Å². The molecule has 2 rings (SSSR count). The Hall–Kier alpha value is -2.02. The zero-order valence-electron chi connectivity index (χ0n) is 10.6. The molecule has 0 bridgehead atoms. The van der Waals surface area contributed by atoms with Crippen LogP contribution in [0, 0.1) is 0 Å². The highest BCUT2D eigenvalue weighted by Crippen LogP contribution is 2.23. The normalized spacial score (nSPS) is 11.4. The van der Waals surface area contributed by atoms with Crippen molar-refractivity contribution in [3.8, 4) is 0 Å². The van der Waals surface area contributed by atoms with E-state index < -0.39 is 10.0 Å². The molecule has 1 aromatic carbocycles. The summed E-state index contributed by atoms with van der Waals surface area (Å²) >= 11 is 0. The number of nitrogens with one attached hydrogen (secondary N) is 1. The highest BCUT2D eigenvalue weighted by atomic mass is 32.2. The van der Waals surface area contributed by atoms with Crippen LogP contribution in [-0.4, -0.2) is 25.2 Å². The van der Waals surface area contributed by atoms with Crippen LogP contribution in [-0.2, 0) is 10.0 Å². The van der Waals surface area contributed by atoms with Gasteiger partial charge in [-0.2, -0.15) is 13.5 Å². The number of sulfonamides is 1. The molecular weight excluding hydrogens is 264 g/mol. The summed E-state index contributed by atoms with van der Waals surface area (Å²) in [6, 6.07) is 8.19. The van der Waals surface area contributed by atoms with Crippen LogP contribution in [0.25, 0.3) is 0 Å². The summed E-state index contributed by atoms with van der Waals surface area (Å²) in [4.78, 5) is 0. The number of nitrogens with zero attached hydrogens (tertiary/aromatic N) is 2. The summed E-state index contributed by atoms with van der Waals surface area (Å²) in [6.45, 7) is 2.32. The molecule has 0 aliphatic rings. The fourth-order valence-corrected chi connectivity index (χ4v) is 3.20. The van der Waals surface area contributed by atoms with Gasteiger partial charge in [0.05, 0.1) is 11.9 Å². The van der Waals surface area contributed by atoms with Gasteiger partial charge in [-0.15, -0.1) is 0 Å². The number of benzene rings is 1. The molecule has 19 heavy (non-hydrogen) atoms. The Labute approximate surface area is 112 Å². The van der Waals surface area contributed by atoms with Gasteiger partial charge in [0.25, 0.3) is 10.0 Å². The van der Waals surface area contributed by atoms with E-state index in [0.29, 0.717) is 24.3 Å². The number of rotatable bonds is 5. The largest absolute Gasteiger partial charge is 0.399 e. The molecule has 0 spiro atoms. The zero-order chi connectivity index (χ0) is 13.9. The Bertz CT molecular complexity index is 620. The number of aromatic amines is 1. The lowest BCUT2D eigenvalue weighted by molar-refractivity contribution is 0.586. The quantitative estimate of drug-likeness (QED) is 0.814. The van der Waals surface area contributed by atoms with E-state index in [1.54, 1.807) is 24.3 Å². The number of nitrogen functional groups attached to an aromatic ring is 1. The number of H-pyrrole nitrogens is 1. The third-order valence-electron chi connectivity index (χ3n) is 2.65. The van der Waals surface area contributed by atoms with E-state index >= 15 is 0 Å². The van der Waals surface area contributed by atoms with E-state index in [-0.39, 0.29) is 5.03 Å². The van der Waals surface area contributed by atoms with Crippen molar-refractivity contribution in [2.45, 2.75) is 18.4 Å². The van der Waals surface area contributed by atoms with Crippen LogP contribution in [0.4, 0.5) is 11.4 Å². The first-order valence-electron chi connectivity index (χ1n) is 5.93. The van der Waals surface area contributed by atoms with Crippen LogP contribution in [0.3, 0.4) is 0 Å². The Morgan fingerprint density at radius 2 is 1.95 bits per heavy atom. The zero-order valence-corrected chi connectivity index (χ0v) is 11.4. The second-order valence-corrected chi connectivity index (χ2v) is 5.92. The van der Waals surface area contributed by atoms with E-state index in [9.17, 15) is 8.42 Å². The van der Waals surface area contributed by atoms with Crippen LogP contribution < -0.4 is 10.0 Å². The molecule has 0 saturated carbocycles. The van der Waals surface area contributed by atoms with E-state index in [0.717, 1.165) is 0 Å². The molecule has 0 unspecified atom stereocenters. The van der Waals surface area contributed by atoms with Crippen LogP contribution in [0.15, 0.2) is 41.6 Å². The van der Waals surface area contributed by atoms with Gasteiger partial charge in [0, 0.05) is 12.2 Å². The van der Waals surface area contributed by atoms with Crippen molar-refractivity contribution >= 4 is 21.4 Å². The Kier molecular flexibility index (Phi) is 3.75. The van der Waals surface area contributed by atoms with Crippen molar-refractivity contribution in [1.29, 1.82) is 0 Å². The lowest BCUT2D eigenvalue weighted by atomic mass is 10.3. The minimum atomic E-state index is -3.61. The second kappa shape index (κ2) is 5.31. The highest BCUT2D eigenvalue weighted by molar-refractivity contribution is 7.92. The lowest BCUT2D eigenvalue weighted by Crippen LogP contribution is -2.32. The maximum atomic E-state index is 12.5. The van der Waals surface area contributed by atoms with Gasteiger partial charge in [-0.3, -0.25) is 9.40 Å². The molecule has 102 valence electrons. The molecular formula is C12H16N4O2S. The Morgan fingerprint density at radius 1 is 1.26 bits per heavy atom. The highest BCUT2D eigenvalue weighted by Gasteiger charge is 2.25. The standard InChI is InChI=1S/C12H16N4O2S/c1-2-9-16(11-5-3-10(13)4-6-11)19(17,18)12-7-8-14-15-12/h3-8H,2,9,13H2,1H3,(H,14,15). The second-order valence-electron chi connectivity index (χ2n) is 4.09. The van der Waals surface area contributed by atoms with E-state index in [4.69, 9.17) is 5.73 Å². The average Bonchev–Trinajstić information content (AvgIpc) is 2.92. The van der Waals surface area contributed by atoms with Crippen molar-refractivity contribution in [1.82, 2.24) is 10.2 Å².